The molecule has 0 unspecified atom stereocenters. The molecule has 0 aromatic carbocycles. The maximum absolute atomic E-state index is 12.7. The van der Waals surface area contributed by atoms with Crippen LogP contribution in [0.25, 0.3) is 0 Å². The lowest BCUT2D eigenvalue weighted by Gasteiger charge is -2.35. The van der Waals surface area contributed by atoms with Crippen molar-refractivity contribution in [2.24, 2.45) is 11.8 Å². The average molecular weight is 391 g/mol. The highest BCUT2D eigenvalue weighted by molar-refractivity contribution is 7.15. The van der Waals surface area contributed by atoms with Gasteiger partial charge in [0.1, 0.15) is 0 Å². The van der Waals surface area contributed by atoms with E-state index in [0.717, 1.165) is 76.5 Å². The molecule has 0 saturated carbocycles. The molecule has 0 N–H and O–H groups in total. The van der Waals surface area contributed by atoms with Gasteiger partial charge in [0.25, 0.3) is 0 Å². The van der Waals surface area contributed by atoms with Crippen molar-refractivity contribution in [2.45, 2.75) is 46.0 Å². The van der Waals surface area contributed by atoms with Crippen molar-refractivity contribution in [3.63, 3.8) is 0 Å². The second kappa shape index (κ2) is 7.78. The highest BCUT2D eigenvalue weighted by atomic mass is 32.1. The van der Waals surface area contributed by atoms with Crippen LogP contribution in [0.2, 0.25) is 0 Å². The molecule has 7 heteroatoms. The van der Waals surface area contributed by atoms with Gasteiger partial charge in [0, 0.05) is 56.0 Å². The fourth-order valence-corrected chi connectivity index (χ4v) is 5.62. The van der Waals surface area contributed by atoms with Crippen LogP contribution in [0.15, 0.2) is 0 Å². The molecule has 0 spiro atoms. The number of carbonyl (C=O) groups is 2. The molecule has 1 aromatic heterocycles. The molecule has 27 heavy (non-hydrogen) atoms. The van der Waals surface area contributed by atoms with Gasteiger partial charge in [-0.05, 0) is 32.1 Å². The molecule has 0 radical (unpaired) electrons. The van der Waals surface area contributed by atoms with Crippen molar-refractivity contribution in [3.8, 4) is 0 Å². The molecular formula is C20H30N4O2S. The number of likely N-dealkylation sites (tertiary alicyclic amines) is 1. The van der Waals surface area contributed by atoms with E-state index in [1.165, 1.54) is 10.6 Å². The smallest absolute Gasteiger partial charge is 0.226 e. The Balaban J connectivity index is 1.37. The number of piperazine rings is 1. The second-order valence-corrected chi connectivity index (χ2v) is 9.37. The number of carbonyl (C=O) groups excluding carboxylic acids is 2. The minimum absolute atomic E-state index is 0.0637. The summed E-state index contributed by atoms with van der Waals surface area (Å²) >= 11 is 1.76. The molecule has 148 valence electrons. The van der Waals surface area contributed by atoms with Gasteiger partial charge < -0.3 is 14.7 Å². The number of aryl methyl sites for hydroxylation is 1. The van der Waals surface area contributed by atoms with Gasteiger partial charge in [0.2, 0.25) is 11.8 Å². The van der Waals surface area contributed by atoms with E-state index in [-0.39, 0.29) is 17.7 Å². The third kappa shape index (κ3) is 3.84. The lowest BCUT2D eigenvalue weighted by Crippen LogP contribution is -2.49. The lowest BCUT2D eigenvalue weighted by atomic mass is 9.90. The number of anilines is 1. The number of nitrogens with zero attached hydrogens (tertiary/aromatic N) is 4. The first-order valence-corrected chi connectivity index (χ1v) is 11.2. The van der Waals surface area contributed by atoms with Crippen molar-refractivity contribution < 1.29 is 9.59 Å². The summed E-state index contributed by atoms with van der Waals surface area (Å²) in [7, 11) is 0. The summed E-state index contributed by atoms with van der Waals surface area (Å²) in [6.07, 6.45) is 5.01. The average Bonchev–Trinajstić information content (AvgIpc) is 3.36. The molecular weight excluding hydrogens is 360 g/mol. The molecule has 6 nitrogen and oxygen atoms in total. The van der Waals surface area contributed by atoms with Gasteiger partial charge >= 0.3 is 0 Å². The number of aromatic nitrogens is 1. The summed E-state index contributed by atoms with van der Waals surface area (Å²) < 4.78 is 0. The minimum Gasteiger partial charge on any atom is -0.345 e. The summed E-state index contributed by atoms with van der Waals surface area (Å²) in [5, 5.41) is 1.07. The van der Waals surface area contributed by atoms with Crippen LogP contribution in [0.4, 0.5) is 5.13 Å². The number of hydrogen-bond acceptors (Lipinski definition) is 5. The van der Waals surface area contributed by atoms with Crippen LogP contribution in [0.3, 0.4) is 0 Å². The van der Waals surface area contributed by atoms with E-state index < -0.39 is 0 Å². The van der Waals surface area contributed by atoms with Gasteiger partial charge in [-0.25, -0.2) is 4.98 Å². The van der Waals surface area contributed by atoms with Gasteiger partial charge in [-0.3, -0.25) is 9.59 Å². The Bertz CT molecular complexity index is 703. The zero-order chi connectivity index (χ0) is 19.0. The van der Waals surface area contributed by atoms with Crippen molar-refractivity contribution in [1.82, 2.24) is 14.8 Å². The summed E-state index contributed by atoms with van der Waals surface area (Å²) in [6, 6.07) is 0. The molecule has 2 amide bonds. The molecule has 4 rings (SSSR count). The molecule has 1 aliphatic carbocycles. The highest BCUT2D eigenvalue weighted by Crippen LogP contribution is 2.35. The predicted octanol–water partition coefficient (Wildman–Crippen LogP) is 2.18. The number of fused-ring (bicyclic) bond motifs is 1. The van der Waals surface area contributed by atoms with E-state index in [1.54, 1.807) is 11.3 Å². The first-order chi connectivity index (χ1) is 13.0. The van der Waals surface area contributed by atoms with E-state index in [9.17, 15) is 9.59 Å². The Labute approximate surface area is 165 Å². The van der Waals surface area contributed by atoms with Crippen LogP contribution in [-0.2, 0) is 22.4 Å². The molecule has 2 fully saturated rings. The highest BCUT2D eigenvalue weighted by Gasteiger charge is 2.32. The van der Waals surface area contributed by atoms with Crippen LogP contribution < -0.4 is 4.90 Å². The fourth-order valence-electron chi connectivity index (χ4n) is 4.39. The van der Waals surface area contributed by atoms with Crippen molar-refractivity contribution in [2.75, 3.05) is 44.2 Å². The fraction of sp³-hybridized carbons (Fsp3) is 0.750. The second-order valence-electron chi connectivity index (χ2n) is 8.31. The standard InChI is InChI=1S/C20H30N4O2S/c1-14(2)18(25)23-9-11-24(12-10-23)20-21-16-6-5-15(13-17(16)27-20)19(26)22-7-3-4-8-22/h14-15H,3-13H2,1-2H3/t15-/m0/s1. The molecule has 1 atom stereocenters. The Morgan fingerprint density at radius 2 is 1.74 bits per heavy atom. The Hall–Kier alpha value is -1.63. The van der Waals surface area contributed by atoms with Crippen LogP contribution in [-0.4, -0.2) is 65.9 Å². The largest absolute Gasteiger partial charge is 0.345 e. The van der Waals surface area contributed by atoms with Crippen LogP contribution in [0.5, 0.6) is 0 Å². The Kier molecular flexibility index (Phi) is 5.39. The van der Waals surface area contributed by atoms with Crippen molar-refractivity contribution >= 4 is 28.3 Å². The van der Waals surface area contributed by atoms with Gasteiger partial charge in [-0.15, -0.1) is 11.3 Å². The zero-order valence-electron chi connectivity index (χ0n) is 16.4. The number of hydrogen-bond donors (Lipinski definition) is 0. The topological polar surface area (TPSA) is 56.8 Å². The normalized spacial score (nSPS) is 23.1. The number of amides is 2. The molecule has 1 aromatic rings. The quantitative estimate of drug-likeness (QED) is 0.794. The molecule has 2 aliphatic heterocycles. The SMILES string of the molecule is CC(C)C(=O)N1CCN(c2nc3c(s2)C[C@@H](C(=O)N2CCCC2)CC3)CC1. The summed E-state index contributed by atoms with van der Waals surface area (Å²) in [6.45, 7) is 9.05. The van der Waals surface area contributed by atoms with Gasteiger partial charge in [-0.1, -0.05) is 13.8 Å². The van der Waals surface area contributed by atoms with Crippen LogP contribution in [0, 0.1) is 11.8 Å². The number of rotatable bonds is 3. The summed E-state index contributed by atoms with van der Waals surface area (Å²) in [5.74, 6) is 0.809. The van der Waals surface area contributed by atoms with E-state index in [4.69, 9.17) is 4.98 Å². The maximum atomic E-state index is 12.7. The third-order valence-corrected chi connectivity index (χ3v) is 7.23. The summed E-state index contributed by atoms with van der Waals surface area (Å²) in [4.78, 5) is 37.4. The molecule has 3 heterocycles. The Morgan fingerprint density at radius 3 is 2.41 bits per heavy atom. The first kappa shape index (κ1) is 18.7. The maximum Gasteiger partial charge on any atom is 0.226 e. The Morgan fingerprint density at radius 1 is 1.04 bits per heavy atom. The van der Waals surface area contributed by atoms with Gasteiger partial charge in [-0.2, -0.15) is 0 Å². The predicted molar refractivity (Wildman–Crippen MR) is 107 cm³/mol. The van der Waals surface area contributed by atoms with E-state index in [2.05, 4.69) is 9.80 Å². The minimum atomic E-state index is 0.0637. The molecule has 2 saturated heterocycles. The third-order valence-electron chi connectivity index (χ3n) is 6.05. The van der Waals surface area contributed by atoms with Crippen LogP contribution in [0.1, 0.15) is 43.7 Å². The molecule has 0 bridgehead atoms. The van der Waals surface area contributed by atoms with Crippen molar-refractivity contribution in [1.29, 1.82) is 0 Å². The van der Waals surface area contributed by atoms with E-state index in [0.29, 0.717) is 5.91 Å². The molecule has 3 aliphatic rings. The monoisotopic (exact) mass is 390 g/mol. The van der Waals surface area contributed by atoms with Crippen LogP contribution >= 0.6 is 11.3 Å². The van der Waals surface area contributed by atoms with Gasteiger partial charge in [0.15, 0.2) is 5.13 Å². The van der Waals surface area contributed by atoms with E-state index >= 15 is 0 Å². The van der Waals surface area contributed by atoms with Gasteiger partial charge in [0.05, 0.1) is 5.69 Å². The van der Waals surface area contributed by atoms with Crippen molar-refractivity contribution in [3.05, 3.63) is 10.6 Å². The summed E-state index contributed by atoms with van der Waals surface area (Å²) in [5.41, 5.74) is 1.20. The number of thiazole rings is 1. The first-order valence-electron chi connectivity index (χ1n) is 10.3. The van der Waals surface area contributed by atoms with E-state index in [1.807, 2.05) is 18.7 Å². The zero-order valence-corrected chi connectivity index (χ0v) is 17.3. The lowest BCUT2D eigenvalue weighted by molar-refractivity contribution is -0.135.